The van der Waals surface area contributed by atoms with Crippen LogP contribution < -0.4 is 5.43 Å². The second-order valence-corrected chi connectivity index (χ2v) is 4.42. The van der Waals surface area contributed by atoms with Gasteiger partial charge in [-0.05, 0) is 23.3 Å². The van der Waals surface area contributed by atoms with Gasteiger partial charge in [0, 0.05) is 14.1 Å². The summed E-state index contributed by atoms with van der Waals surface area (Å²) in [7, 11) is 3.89. The maximum absolute atomic E-state index is 13.0. The maximum Gasteiger partial charge on any atom is 0.123 e. The molecule has 2 nitrogen and oxygen atoms in total. The van der Waals surface area contributed by atoms with Crippen LogP contribution in [0.3, 0.4) is 0 Å². The fourth-order valence-electron chi connectivity index (χ4n) is 1.90. The third kappa shape index (κ3) is 3.15. The SMILES string of the molecule is CN(C)NC(c1ccccc1)c1ccc(F)cc1. The smallest absolute Gasteiger partial charge is 0.123 e. The van der Waals surface area contributed by atoms with Gasteiger partial charge in [0.05, 0.1) is 6.04 Å². The third-order valence-electron chi connectivity index (χ3n) is 2.72. The molecule has 0 spiro atoms. The Balaban J connectivity index is 2.33. The van der Waals surface area contributed by atoms with Gasteiger partial charge in [-0.15, -0.1) is 0 Å². The molecule has 0 saturated carbocycles. The number of benzene rings is 2. The van der Waals surface area contributed by atoms with Gasteiger partial charge in [-0.25, -0.2) is 14.8 Å². The number of hydrogen-bond donors (Lipinski definition) is 1. The molecule has 94 valence electrons. The monoisotopic (exact) mass is 244 g/mol. The summed E-state index contributed by atoms with van der Waals surface area (Å²) >= 11 is 0. The van der Waals surface area contributed by atoms with E-state index in [2.05, 4.69) is 17.6 Å². The minimum Gasteiger partial charge on any atom is -0.250 e. The average molecular weight is 244 g/mol. The summed E-state index contributed by atoms with van der Waals surface area (Å²) in [6.07, 6.45) is 0. The van der Waals surface area contributed by atoms with Crippen molar-refractivity contribution in [3.63, 3.8) is 0 Å². The highest BCUT2D eigenvalue weighted by atomic mass is 19.1. The summed E-state index contributed by atoms with van der Waals surface area (Å²) in [6.45, 7) is 0. The van der Waals surface area contributed by atoms with Gasteiger partial charge in [0.2, 0.25) is 0 Å². The van der Waals surface area contributed by atoms with Crippen molar-refractivity contribution in [1.29, 1.82) is 0 Å². The Labute approximate surface area is 107 Å². The van der Waals surface area contributed by atoms with Crippen molar-refractivity contribution in [2.75, 3.05) is 14.1 Å². The van der Waals surface area contributed by atoms with E-state index in [9.17, 15) is 4.39 Å². The molecule has 2 aromatic carbocycles. The first-order valence-corrected chi connectivity index (χ1v) is 5.91. The molecule has 1 unspecified atom stereocenters. The Kier molecular flexibility index (Phi) is 4.07. The van der Waals surface area contributed by atoms with E-state index in [0.717, 1.165) is 11.1 Å². The molecule has 0 saturated heterocycles. The van der Waals surface area contributed by atoms with Crippen LogP contribution in [0.25, 0.3) is 0 Å². The van der Waals surface area contributed by atoms with E-state index in [1.54, 1.807) is 0 Å². The first kappa shape index (κ1) is 12.7. The van der Waals surface area contributed by atoms with E-state index in [-0.39, 0.29) is 11.9 Å². The predicted octanol–water partition coefficient (Wildman–Crippen LogP) is 2.98. The summed E-state index contributed by atoms with van der Waals surface area (Å²) in [5, 5.41) is 1.90. The van der Waals surface area contributed by atoms with Crippen LogP contribution in [0, 0.1) is 5.82 Å². The highest BCUT2D eigenvalue weighted by Crippen LogP contribution is 2.22. The Hall–Kier alpha value is -1.71. The highest BCUT2D eigenvalue weighted by Gasteiger charge is 2.14. The maximum atomic E-state index is 13.0. The van der Waals surface area contributed by atoms with Crippen LogP contribution >= 0.6 is 0 Å². The molecule has 18 heavy (non-hydrogen) atoms. The van der Waals surface area contributed by atoms with Crippen LogP contribution in [-0.4, -0.2) is 19.1 Å². The summed E-state index contributed by atoms with van der Waals surface area (Å²) in [4.78, 5) is 0. The van der Waals surface area contributed by atoms with Crippen molar-refractivity contribution >= 4 is 0 Å². The molecule has 0 heterocycles. The molecule has 0 fully saturated rings. The molecule has 1 N–H and O–H groups in total. The Morgan fingerprint density at radius 2 is 1.44 bits per heavy atom. The van der Waals surface area contributed by atoms with E-state index in [1.165, 1.54) is 12.1 Å². The molecule has 0 bridgehead atoms. The van der Waals surface area contributed by atoms with E-state index in [4.69, 9.17) is 0 Å². The lowest BCUT2D eigenvalue weighted by atomic mass is 9.99. The molecule has 0 aromatic heterocycles. The van der Waals surface area contributed by atoms with E-state index < -0.39 is 0 Å². The summed E-state index contributed by atoms with van der Waals surface area (Å²) < 4.78 is 13.0. The van der Waals surface area contributed by atoms with Crippen LogP contribution in [0.2, 0.25) is 0 Å². The van der Waals surface area contributed by atoms with Crippen LogP contribution in [0.15, 0.2) is 54.6 Å². The second kappa shape index (κ2) is 5.76. The zero-order valence-electron chi connectivity index (χ0n) is 10.6. The van der Waals surface area contributed by atoms with Gasteiger partial charge < -0.3 is 0 Å². The third-order valence-corrected chi connectivity index (χ3v) is 2.72. The molecular formula is C15H17FN2. The summed E-state index contributed by atoms with van der Waals surface area (Å²) in [6, 6.07) is 16.7. The molecular weight excluding hydrogens is 227 g/mol. The Morgan fingerprint density at radius 1 is 0.889 bits per heavy atom. The van der Waals surface area contributed by atoms with Gasteiger partial charge in [0.25, 0.3) is 0 Å². The molecule has 2 rings (SSSR count). The predicted molar refractivity (Wildman–Crippen MR) is 71.5 cm³/mol. The van der Waals surface area contributed by atoms with Gasteiger partial charge in [-0.2, -0.15) is 0 Å². The standard InChI is InChI=1S/C15H17FN2/c1-18(2)17-15(12-6-4-3-5-7-12)13-8-10-14(16)11-9-13/h3-11,15,17H,1-2H3. The molecule has 0 amide bonds. The van der Waals surface area contributed by atoms with Crippen molar-refractivity contribution in [2.45, 2.75) is 6.04 Å². The number of nitrogens with one attached hydrogen (secondary N) is 1. The first-order chi connectivity index (χ1) is 8.66. The molecule has 2 aromatic rings. The average Bonchev–Trinajstić information content (AvgIpc) is 2.38. The fourth-order valence-corrected chi connectivity index (χ4v) is 1.90. The van der Waals surface area contributed by atoms with Gasteiger partial charge >= 0.3 is 0 Å². The second-order valence-electron chi connectivity index (χ2n) is 4.42. The largest absolute Gasteiger partial charge is 0.250 e. The highest BCUT2D eigenvalue weighted by molar-refractivity contribution is 5.31. The van der Waals surface area contributed by atoms with E-state index in [1.807, 2.05) is 49.4 Å². The van der Waals surface area contributed by atoms with Crippen LogP contribution in [0.1, 0.15) is 17.2 Å². The summed E-state index contributed by atoms with van der Waals surface area (Å²) in [5.41, 5.74) is 5.53. The Bertz CT molecular complexity index is 480. The number of hydrogen-bond acceptors (Lipinski definition) is 2. The van der Waals surface area contributed by atoms with Crippen molar-refractivity contribution in [3.8, 4) is 0 Å². The molecule has 0 aliphatic heterocycles. The number of nitrogens with zero attached hydrogens (tertiary/aromatic N) is 1. The van der Waals surface area contributed by atoms with Crippen molar-refractivity contribution in [1.82, 2.24) is 10.4 Å². The van der Waals surface area contributed by atoms with E-state index >= 15 is 0 Å². The van der Waals surface area contributed by atoms with Crippen molar-refractivity contribution in [2.24, 2.45) is 0 Å². The van der Waals surface area contributed by atoms with Crippen molar-refractivity contribution in [3.05, 3.63) is 71.5 Å². The fraction of sp³-hybridized carbons (Fsp3) is 0.200. The number of halogens is 1. The van der Waals surface area contributed by atoms with Crippen molar-refractivity contribution < 1.29 is 4.39 Å². The normalized spacial score (nSPS) is 12.7. The zero-order chi connectivity index (χ0) is 13.0. The first-order valence-electron chi connectivity index (χ1n) is 5.91. The van der Waals surface area contributed by atoms with Gasteiger partial charge in [0.1, 0.15) is 5.82 Å². The molecule has 1 atom stereocenters. The minimum absolute atomic E-state index is 0.0294. The van der Waals surface area contributed by atoms with Crippen LogP contribution in [0.4, 0.5) is 4.39 Å². The number of rotatable bonds is 4. The topological polar surface area (TPSA) is 15.3 Å². The number of hydrazine groups is 1. The summed E-state index contributed by atoms with van der Waals surface area (Å²) in [5.74, 6) is -0.213. The van der Waals surface area contributed by atoms with Gasteiger partial charge in [-0.3, -0.25) is 0 Å². The lowest BCUT2D eigenvalue weighted by molar-refractivity contribution is 0.261. The molecule has 0 radical (unpaired) electrons. The van der Waals surface area contributed by atoms with Gasteiger partial charge in [0.15, 0.2) is 0 Å². The lowest BCUT2D eigenvalue weighted by Crippen LogP contribution is -2.34. The lowest BCUT2D eigenvalue weighted by Gasteiger charge is -2.24. The molecule has 0 aliphatic rings. The quantitative estimate of drug-likeness (QED) is 0.832. The molecule has 3 heteroatoms. The minimum atomic E-state index is -0.213. The van der Waals surface area contributed by atoms with Crippen LogP contribution in [-0.2, 0) is 0 Å². The van der Waals surface area contributed by atoms with Crippen LogP contribution in [0.5, 0.6) is 0 Å². The molecule has 0 aliphatic carbocycles. The van der Waals surface area contributed by atoms with Gasteiger partial charge in [-0.1, -0.05) is 42.5 Å². The Morgan fingerprint density at radius 3 is 2.00 bits per heavy atom. The zero-order valence-corrected chi connectivity index (χ0v) is 10.6. The van der Waals surface area contributed by atoms with E-state index in [0.29, 0.717) is 0 Å².